The Hall–Kier alpha value is -1.84. The average molecular weight is 410 g/mol. The van der Waals surface area contributed by atoms with Gasteiger partial charge in [-0.25, -0.2) is 0 Å². The molecule has 0 bridgehead atoms. The maximum atomic E-state index is 12.2. The average Bonchev–Trinajstić information content (AvgIpc) is 2.51. The van der Waals surface area contributed by atoms with Gasteiger partial charge in [-0.15, -0.1) is 0 Å². The number of amides is 1. The molecular formula is C14H15BrF3N3O3. The first-order chi connectivity index (χ1) is 11.2. The van der Waals surface area contributed by atoms with E-state index in [1.165, 1.54) is 6.07 Å². The molecule has 1 aromatic rings. The first kappa shape index (κ1) is 18.5. The molecule has 1 aromatic carbocycles. The largest absolute Gasteiger partial charge is 0.405 e. The van der Waals surface area contributed by atoms with Gasteiger partial charge in [0.05, 0.1) is 10.8 Å². The summed E-state index contributed by atoms with van der Waals surface area (Å²) in [5.74, 6) is -1.32. The number of nitrogens with one attached hydrogen (secondary N) is 1. The summed E-state index contributed by atoms with van der Waals surface area (Å²) >= 11 is 3.25. The third-order valence-electron chi connectivity index (χ3n) is 3.73. The fraction of sp³-hybridized carbons (Fsp3) is 0.500. The number of hydrogen-bond donors (Lipinski definition) is 1. The number of halogens is 4. The molecule has 0 aliphatic carbocycles. The molecule has 1 heterocycles. The molecule has 1 atom stereocenters. The highest BCUT2D eigenvalue weighted by molar-refractivity contribution is 9.10. The Morgan fingerprint density at radius 1 is 1.46 bits per heavy atom. The van der Waals surface area contributed by atoms with Gasteiger partial charge in [0.15, 0.2) is 0 Å². The van der Waals surface area contributed by atoms with Crippen LogP contribution >= 0.6 is 15.9 Å². The highest BCUT2D eigenvalue weighted by atomic mass is 79.9. The molecule has 0 aromatic heterocycles. The van der Waals surface area contributed by atoms with Crippen molar-refractivity contribution in [2.24, 2.45) is 5.92 Å². The Balaban J connectivity index is 2.12. The van der Waals surface area contributed by atoms with E-state index in [-0.39, 0.29) is 12.2 Å². The Morgan fingerprint density at radius 3 is 2.79 bits per heavy atom. The van der Waals surface area contributed by atoms with Crippen molar-refractivity contribution < 1.29 is 22.9 Å². The predicted molar refractivity (Wildman–Crippen MR) is 84.8 cm³/mol. The van der Waals surface area contributed by atoms with E-state index in [9.17, 15) is 28.1 Å². The van der Waals surface area contributed by atoms with E-state index in [1.807, 2.05) is 5.32 Å². The summed E-state index contributed by atoms with van der Waals surface area (Å²) in [6, 6.07) is 4.47. The Kier molecular flexibility index (Phi) is 5.68. The zero-order chi connectivity index (χ0) is 17.9. The van der Waals surface area contributed by atoms with Crippen LogP contribution in [-0.2, 0) is 4.79 Å². The Bertz CT molecular complexity index is 639. The quantitative estimate of drug-likeness (QED) is 0.611. The molecule has 1 N–H and O–H groups in total. The summed E-state index contributed by atoms with van der Waals surface area (Å²) in [6.07, 6.45) is -3.46. The summed E-state index contributed by atoms with van der Waals surface area (Å²) in [4.78, 5) is 24.2. The number of carbonyl (C=O) groups is 1. The molecule has 6 nitrogen and oxygen atoms in total. The lowest BCUT2D eigenvalue weighted by Crippen LogP contribution is -2.45. The van der Waals surface area contributed by atoms with Gasteiger partial charge in [-0.2, -0.15) is 13.2 Å². The Morgan fingerprint density at radius 2 is 2.17 bits per heavy atom. The monoisotopic (exact) mass is 409 g/mol. The van der Waals surface area contributed by atoms with E-state index in [0.29, 0.717) is 29.5 Å². The highest BCUT2D eigenvalue weighted by Crippen LogP contribution is 2.34. The van der Waals surface area contributed by atoms with Crippen LogP contribution < -0.4 is 10.2 Å². The maximum absolute atomic E-state index is 12.2. The maximum Gasteiger partial charge on any atom is 0.405 e. The molecule has 24 heavy (non-hydrogen) atoms. The van der Waals surface area contributed by atoms with E-state index in [1.54, 1.807) is 17.0 Å². The van der Waals surface area contributed by atoms with Crippen molar-refractivity contribution >= 4 is 33.2 Å². The van der Waals surface area contributed by atoms with Gasteiger partial charge in [0.25, 0.3) is 5.69 Å². The van der Waals surface area contributed by atoms with Crippen molar-refractivity contribution in [3.8, 4) is 0 Å². The van der Waals surface area contributed by atoms with Gasteiger partial charge in [0.1, 0.15) is 12.2 Å². The van der Waals surface area contributed by atoms with Crippen LogP contribution in [0.15, 0.2) is 22.7 Å². The van der Waals surface area contributed by atoms with E-state index in [0.717, 1.165) is 0 Å². The lowest BCUT2D eigenvalue weighted by molar-refractivity contribution is -0.384. The molecule has 1 unspecified atom stereocenters. The van der Waals surface area contributed by atoms with Crippen LogP contribution in [-0.4, -0.2) is 36.6 Å². The lowest BCUT2D eigenvalue weighted by atomic mass is 9.96. The van der Waals surface area contributed by atoms with E-state index < -0.39 is 29.5 Å². The molecule has 0 spiro atoms. The van der Waals surface area contributed by atoms with Gasteiger partial charge < -0.3 is 10.2 Å². The highest BCUT2D eigenvalue weighted by Gasteiger charge is 2.32. The number of rotatable bonds is 4. The number of nitro benzene ring substituents is 1. The molecule has 2 rings (SSSR count). The van der Waals surface area contributed by atoms with Crippen LogP contribution in [0, 0.1) is 16.0 Å². The van der Waals surface area contributed by atoms with Crippen molar-refractivity contribution in [2.75, 3.05) is 24.5 Å². The molecule has 1 aliphatic heterocycles. The Labute approximate surface area is 144 Å². The second-order valence-electron chi connectivity index (χ2n) is 5.51. The fourth-order valence-electron chi connectivity index (χ4n) is 2.65. The third-order valence-corrected chi connectivity index (χ3v) is 4.22. The van der Waals surface area contributed by atoms with E-state index in [2.05, 4.69) is 15.9 Å². The number of piperidine rings is 1. The SMILES string of the molecule is O=C(NCC(F)(F)F)C1CCCN(c2cc(Br)ccc2[N+](=O)[O-])C1. The number of nitro groups is 1. The second kappa shape index (κ2) is 7.37. The van der Waals surface area contributed by atoms with Gasteiger partial charge >= 0.3 is 6.18 Å². The van der Waals surface area contributed by atoms with Crippen LogP contribution in [0.3, 0.4) is 0 Å². The molecule has 0 radical (unpaired) electrons. The van der Waals surface area contributed by atoms with Crippen LogP contribution in [0.4, 0.5) is 24.5 Å². The lowest BCUT2D eigenvalue weighted by Gasteiger charge is -2.33. The topological polar surface area (TPSA) is 75.5 Å². The number of hydrogen-bond acceptors (Lipinski definition) is 4. The smallest absolute Gasteiger partial charge is 0.365 e. The molecular weight excluding hydrogens is 395 g/mol. The summed E-state index contributed by atoms with van der Waals surface area (Å²) in [6.45, 7) is -0.735. The van der Waals surface area contributed by atoms with Crippen LogP contribution in [0.1, 0.15) is 12.8 Å². The van der Waals surface area contributed by atoms with Crippen LogP contribution in [0.25, 0.3) is 0 Å². The predicted octanol–water partition coefficient (Wildman–Crippen LogP) is 3.25. The summed E-state index contributed by atoms with van der Waals surface area (Å²) in [5, 5.41) is 13.0. The normalized spacial score (nSPS) is 18.3. The summed E-state index contributed by atoms with van der Waals surface area (Å²) in [5.41, 5.74) is 0.247. The van der Waals surface area contributed by atoms with E-state index in [4.69, 9.17) is 0 Å². The molecule has 132 valence electrons. The molecule has 0 saturated carbocycles. The van der Waals surface area contributed by atoms with Gasteiger partial charge in [-0.05, 0) is 25.0 Å². The van der Waals surface area contributed by atoms with Gasteiger partial charge in [0, 0.05) is 23.6 Å². The van der Waals surface area contributed by atoms with Crippen LogP contribution in [0.5, 0.6) is 0 Å². The summed E-state index contributed by atoms with van der Waals surface area (Å²) < 4.78 is 37.3. The molecule has 1 saturated heterocycles. The zero-order valence-electron chi connectivity index (χ0n) is 12.5. The first-order valence-electron chi connectivity index (χ1n) is 7.21. The van der Waals surface area contributed by atoms with Crippen molar-refractivity contribution in [1.82, 2.24) is 5.32 Å². The van der Waals surface area contributed by atoms with Crippen molar-refractivity contribution in [3.05, 3.63) is 32.8 Å². The number of benzene rings is 1. The van der Waals surface area contributed by atoms with Crippen LogP contribution in [0.2, 0.25) is 0 Å². The zero-order valence-corrected chi connectivity index (χ0v) is 14.1. The van der Waals surface area contributed by atoms with E-state index >= 15 is 0 Å². The number of carbonyl (C=O) groups excluding carboxylic acids is 1. The number of nitrogens with zero attached hydrogens (tertiary/aromatic N) is 2. The molecule has 10 heteroatoms. The standard InChI is InChI=1S/C14H15BrF3N3O3/c15-10-3-4-11(21(23)24)12(6-10)20-5-1-2-9(7-20)13(22)19-8-14(16,17)18/h3-4,6,9H,1-2,5,7-8H2,(H,19,22). The number of alkyl halides is 3. The molecule has 1 amide bonds. The fourth-order valence-corrected chi connectivity index (χ4v) is 2.99. The minimum Gasteiger partial charge on any atom is -0.365 e. The number of anilines is 1. The van der Waals surface area contributed by atoms with Crippen molar-refractivity contribution in [1.29, 1.82) is 0 Å². The first-order valence-corrected chi connectivity index (χ1v) is 8.00. The minimum absolute atomic E-state index is 0.102. The third kappa shape index (κ3) is 4.83. The van der Waals surface area contributed by atoms with Gasteiger partial charge in [0.2, 0.25) is 5.91 Å². The van der Waals surface area contributed by atoms with Crippen molar-refractivity contribution in [3.63, 3.8) is 0 Å². The second-order valence-corrected chi connectivity index (χ2v) is 6.42. The minimum atomic E-state index is -4.47. The summed E-state index contributed by atoms with van der Waals surface area (Å²) in [7, 11) is 0. The van der Waals surface area contributed by atoms with Crippen molar-refractivity contribution in [2.45, 2.75) is 19.0 Å². The van der Waals surface area contributed by atoms with Gasteiger partial charge in [-0.3, -0.25) is 14.9 Å². The molecule has 1 fully saturated rings. The van der Waals surface area contributed by atoms with Gasteiger partial charge in [-0.1, -0.05) is 15.9 Å². The molecule has 1 aliphatic rings.